The van der Waals surface area contributed by atoms with Crippen molar-refractivity contribution in [3.05, 3.63) is 12.3 Å². The van der Waals surface area contributed by atoms with Crippen molar-refractivity contribution in [2.24, 2.45) is 10.7 Å². The van der Waals surface area contributed by atoms with Crippen LogP contribution in [0.5, 0.6) is 0 Å². The lowest BCUT2D eigenvalue weighted by molar-refractivity contribution is 0.738. The number of nitrogens with one attached hydrogen (secondary N) is 1. The predicted octanol–water partition coefficient (Wildman–Crippen LogP) is -0.497. The molecule has 0 atom stereocenters. The summed E-state index contributed by atoms with van der Waals surface area (Å²) in [6.07, 6.45) is 3.35. The summed E-state index contributed by atoms with van der Waals surface area (Å²) in [5.74, 6) is 0. The molecule has 0 fully saturated rings. The van der Waals surface area contributed by atoms with Gasteiger partial charge < -0.3 is 11.1 Å². The first kappa shape index (κ1) is 6.29. The Morgan fingerprint density at radius 3 is 3.11 bits per heavy atom. The minimum absolute atomic E-state index is 0.855. The topological polar surface area (TPSA) is 50.4 Å². The molecule has 0 bridgehead atoms. The summed E-state index contributed by atoms with van der Waals surface area (Å²) in [6, 6.07) is 0. The second kappa shape index (κ2) is 3.25. The van der Waals surface area contributed by atoms with Crippen LogP contribution >= 0.6 is 0 Å². The summed E-state index contributed by atoms with van der Waals surface area (Å²) in [5, 5.41) is 3.18. The van der Waals surface area contributed by atoms with Gasteiger partial charge in [-0.15, -0.1) is 0 Å². The van der Waals surface area contributed by atoms with Gasteiger partial charge in [0.15, 0.2) is 0 Å². The van der Waals surface area contributed by atoms with Gasteiger partial charge in [-0.3, -0.25) is 4.99 Å². The monoisotopic (exact) mass is 125 g/mol. The lowest BCUT2D eigenvalue weighted by atomic mass is 10.3. The van der Waals surface area contributed by atoms with Crippen molar-refractivity contribution in [2.45, 2.75) is 0 Å². The number of rotatable bonds is 1. The summed E-state index contributed by atoms with van der Waals surface area (Å²) < 4.78 is 0. The van der Waals surface area contributed by atoms with Crippen LogP contribution in [0.3, 0.4) is 0 Å². The molecule has 1 heterocycles. The molecule has 0 radical (unpaired) electrons. The Balaban J connectivity index is 2.46. The number of nitrogens with two attached hydrogens (primary N) is 1. The van der Waals surface area contributed by atoms with E-state index in [1.807, 2.05) is 6.08 Å². The lowest BCUT2D eigenvalue weighted by Crippen LogP contribution is -2.29. The molecule has 3 N–H and O–H groups in total. The molecule has 1 aliphatic heterocycles. The molecule has 9 heavy (non-hydrogen) atoms. The van der Waals surface area contributed by atoms with Crippen molar-refractivity contribution in [3.8, 4) is 0 Å². The number of hydrogen-bond acceptors (Lipinski definition) is 3. The van der Waals surface area contributed by atoms with Gasteiger partial charge >= 0.3 is 0 Å². The van der Waals surface area contributed by atoms with Gasteiger partial charge in [-0.1, -0.05) is 0 Å². The van der Waals surface area contributed by atoms with Crippen LogP contribution in [-0.2, 0) is 0 Å². The fraction of sp³-hybridized carbons (Fsp3) is 0.500. The standard InChI is InChI=1S/C6H11N3/c7-2-1-6-5-8-3-4-9-6/h1-2,8H,3-5,7H2/b2-1-. The highest BCUT2D eigenvalue weighted by Crippen LogP contribution is 1.85. The summed E-state index contributed by atoms with van der Waals surface area (Å²) in [5.41, 5.74) is 6.22. The predicted molar refractivity (Wildman–Crippen MR) is 38.5 cm³/mol. The first-order valence-corrected chi connectivity index (χ1v) is 3.06. The van der Waals surface area contributed by atoms with E-state index < -0.39 is 0 Å². The Morgan fingerprint density at radius 2 is 2.56 bits per heavy atom. The van der Waals surface area contributed by atoms with Crippen LogP contribution in [-0.4, -0.2) is 25.3 Å². The maximum atomic E-state index is 5.17. The van der Waals surface area contributed by atoms with Crippen LogP contribution in [0.25, 0.3) is 0 Å². The molecule has 0 saturated heterocycles. The molecular weight excluding hydrogens is 114 g/mol. The van der Waals surface area contributed by atoms with Gasteiger partial charge in [-0.25, -0.2) is 0 Å². The smallest absolute Gasteiger partial charge is 0.0518 e. The minimum atomic E-state index is 0.855. The Morgan fingerprint density at radius 1 is 1.67 bits per heavy atom. The first-order chi connectivity index (χ1) is 4.43. The SMILES string of the molecule is N/C=C\C1=NCCNC1. The Labute approximate surface area is 54.7 Å². The zero-order chi connectivity index (χ0) is 6.53. The van der Waals surface area contributed by atoms with E-state index >= 15 is 0 Å². The van der Waals surface area contributed by atoms with Gasteiger partial charge in [-0.2, -0.15) is 0 Å². The maximum Gasteiger partial charge on any atom is 0.0518 e. The van der Waals surface area contributed by atoms with Crippen molar-refractivity contribution in [2.75, 3.05) is 19.6 Å². The Hall–Kier alpha value is -0.830. The van der Waals surface area contributed by atoms with Gasteiger partial charge in [0.25, 0.3) is 0 Å². The molecule has 1 aliphatic rings. The normalized spacial score (nSPS) is 20.2. The van der Waals surface area contributed by atoms with E-state index in [9.17, 15) is 0 Å². The molecule has 0 saturated carbocycles. The molecule has 50 valence electrons. The summed E-state index contributed by atoms with van der Waals surface area (Å²) in [6.45, 7) is 2.72. The molecule has 0 spiro atoms. The van der Waals surface area contributed by atoms with Crippen LogP contribution in [0.2, 0.25) is 0 Å². The quantitative estimate of drug-likeness (QED) is 0.496. The molecule has 0 aliphatic carbocycles. The number of aliphatic imine (C=N–C) groups is 1. The fourth-order valence-electron chi connectivity index (χ4n) is 0.774. The second-order valence-corrected chi connectivity index (χ2v) is 1.91. The molecule has 0 aromatic heterocycles. The van der Waals surface area contributed by atoms with Crippen LogP contribution in [0.15, 0.2) is 17.3 Å². The molecule has 1 rings (SSSR count). The average Bonchev–Trinajstić information content (AvgIpc) is 1.91. The van der Waals surface area contributed by atoms with Crippen molar-refractivity contribution in [1.82, 2.24) is 5.32 Å². The maximum absolute atomic E-state index is 5.17. The first-order valence-electron chi connectivity index (χ1n) is 3.06. The highest BCUT2D eigenvalue weighted by Gasteiger charge is 1.97. The molecule has 3 heteroatoms. The third-order valence-electron chi connectivity index (χ3n) is 1.20. The Bertz CT molecular complexity index is 137. The lowest BCUT2D eigenvalue weighted by Gasteiger charge is -2.08. The molecule has 3 nitrogen and oxygen atoms in total. The highest BCUT2D eigenvalue weighted by molar-refractivity contribution is 5.96. The van der Waals surface area contributed by atoms with Crippen molar-refractivity contribution in [1.29, 1.82) is 0 Å². The third kappa shape index (κ3) is 1.85. The summed E-state index contributed by atoms with van der Waals surface area (Å²) in [4.78, 5) is 4.21. The van der Waals surface area contributed by atoms with E-state index in [0.717, 1.165) is 25.3 Å². The molecule has 0 aromatic rings. The van der Waals surface area contributed by atoms with Crippen LogP contribution in [0, 0.1) is 0 Å². The van der Waals surface area contributed by atoms with Gasteiger partial charge in [0.1, 0.15) is 0 Å². The number of hydrogen-bond donors (Lipinski definition) is 2. The van der Waals surface area contributed by atoms with Gasteiger partial charge in [0.05, 0.1) is 12.3 Å². The van der Waals surface area contributed by atoms with E-state index in [4.69, 9.17) is 5.73 Å². The zero-order valence-corrected chi connectivity index (χ0v) is 5.30. The molecule has 0 aromatic carbocycles. The van der Waals surface area contributed by atoms with Crippen LogP contribution < -0.4 is 11.1 Å². The average molecular weight is 125 g/mol. The van der Waals surface area contributed by atoms with Crippen molar-refractivity contribution in [3.63, 3.8) is 0 Å². The summed E-state index contributed by atoms with van der Waals surface area (Å²) >= 11 is 0. The van der Waals surface area contributed by atoms with Gasteiger partial charge in [-0.05, 0) is 12.3 Å². The number of nitrogens with zero attached hydrogens (tertiary/aromatic N) is 1. The highest BCUT2D eigenvalue weighted by atomic mass is 15.0. The van der Waals surface area contributed by atoms with Gasteiger partial charge in [0, 0.05) is 13.1 Å². The second-order valence-electron chi connectivity index (χ2n) is 1.91. The fourth-order valence-corrected chi connectivity index (χ4v) is 0.774. The van der Waals surface area contributed by atoms with E-state index in [2.05, 4.69) is 10.3 Å². The van der Waals surface area contributed by atoms with E-state index in [0.29, 0.717) is 0 Å². The minimum Gasteiger partial charge on any atom is -0.405 e. The van der Waals surface area contributed by atoms with Crippen LogP contribution in [0.4, 0.5) is 0 Å². The van der Waals surface area contributed by atoms with Gasteiger partial charge in [0.2, 0.25) is 0 Å². The molecule has 0 unspecified atom stereocenters. The largest absolute Gasteiger partial charge is 0.405 e. The molecule has 0 amide bonds. The van der Waals surface area contributed by atoms with E-state index in [1.165, 1.54) is 6.20 Å². The van der Waals surface area contributed by atoms with E-state index in [-0.39, 0.29) is 0 Å². The van der Waals surface area contributed by atoms with E-state index in [1.54, 1.807) is 0 Å². The van der Waals surface area contributed by atoms with Crippen LogP contribution in [0.1, 0.15) is 0 Å². The van der Waals surface area contributed by atoms with Crippen molar-refractivity contribution < 1.29 is 0 Å². The summed E-state index contributed by atoms with van der Waals surface area (Å²) in [7, 11) is 0. The van der Waals surface area contributed by atoms with Crippen molar-refractivity contribution >= 4 is 5.71 Å². The zero-order valence-electron chi connectivity index (χ0n) is 5.30. The Kier molecular flexibility index (Phi) is 2.27. The third-order valence-corrected chi connectivity index (χ3v) is 1.20. The molecular formula is C6H11N3.